The molecule has 0 atom stereocenters. The highest BCUT2D eigenvalue weighted by Gasteiger charge is 2.31. The summed E-state index contributed by atoms with van der Waals surface area (Å²) in [5, 5.41) is 2.61. The van der Waals surface area contributed by atoms with Crippen molar-refractivity contribution in [3.8, 4) is 0 Å². The minimum absolute atomic E-state index is 0.136. The number of carbonyl (C=O) groups excluding carboxylic acids is 1. The first-order valence-corrected chi connectivity index (χ1v) is 9.87. The smallest absolute Gasteiger partial charge is 0.378 e. The molecule has 7 heteroatoms. The predicted octanol–water partition coefficient (Wildman–Crippen LogP) is 5.32. The first-order valence-electron chi connectivity index (χ1n) is 9.87. The predicted molar refractivity (Wildman–Crippen MR) is 113 cm³/mol. The normalized spacial score (nSPS) is 15.1. The molecule has 0 unspecified atom stereocenters. The van der Waals surface area contributed by atoms with Gasteiger partial charge in [-0.15, -0.1) is 0 Å². The van der Waals surface area contributed by atoms with Crippen LogP contribution in [0.3, 0.4) is 0 Å². The van der Waals surface area contributed by atoms with Gasteiger partial charge in [-0.25, -0.2) is 0 Å². The van der Waals surface area contributed by atoms with E-state index in [-0.39, 0.29) is 5.69 Å². The minimum atomic E-state index is -4.49. The third kappa shape index (κ3) is 5.63. The van der Waals surface area contributed by atoms with Crippen LogP contribution in [0.5, 0.6) is 0 Å². The van der Waals surface area contributed by atoms with E-state index in [1.807, 2.05) is 29.2 Å². The molecule has 1 aliphatic rings. The van der Waals surface area contributed by atoms with E-state index in [1.54, 1.807) is 6.08 Å². The maximum atomic E-state index is 13.2. The Morgan fingerprint density at radius 3 is 2.37 bits per heavy atom. The van der Waals surface area contributed by atoms with Crippen LogP contribution in [-0.4, -0.2) is 32.2 Å². The Morgan fingerprint density at radius 2 is 1.77 bits per heavy atom. The lowest BCUT2D eigenvalue weighted by Crippen LogP contribution is -2.36. The maximum Gasteiger partial charge on any atom is 0.416 e. The first-order chi connectivity index (χ1) is 14.2. The SMILES string of the molecule is CC(C)c1ccc(/C=C/C(=O)Nc2cc(C(F)(F)F)ccc2N2CCOCC2)cc1. The van der Waals surface area contributed by atoms with Crippen molar-refractivity contribution in [1.82, 2.24) is 0 Å². The molecule has 1 N–H and O–H groups in total. The third-order valence-electron chi connectivity index (χ3n) is 4.96. The minimum Gasteiger partial charge on any atom is -0.378 e. The van der Waals surface area contributed by atoms with Gasteiger partial charge in [-0.05, 0) is 41.3 Å². The number of morpholine rings is 1. The van der Waals surface area contributed by atoms with Crippen molar-refractivity contribution in [2.24, 2.45) is 0 Å². The van der Waals surface area contributed by atoms with Crippen LogP contribution in [0.2, 0.25) is 0 Å². The quantitative estimate of drug-likeness (QED) is 0.669. The molecule has 160 valence electrons. The van der Waals surface area contributed by atoms with Crippen molar-refractivity contribution >= 4 is 23.4 Å². The third-order valence-corrected chi connectivity index (χ3v) is 4.96. The summed E-state index contributed by atoms with van der Waals surface area (Å²) >= 11 is 0. The van der Waals surface area contributed by atoms with Crippen LogP contribution in [0, 0.1) is 0 Å². The highest BCUT2D eigenvalue weighted by Crippen LogP contribution is 2.35. The number of carbonyl (C=O) groups is 1. The van der Waals surface area contributed by atoms with E-state index in [0.717, 1.165) is 17.7 Å². The van der Waals surface area contributed by atoms with Gasteiger partial charge in [-0.1, -0.05) is 38.1 Å². The van der Waals surface area contributed by atoms with Crippen molar-refractivity contribution in [3.05, 3.63) is 65.2 Å². The Bertz CT molecular complexity index is 900. The summed E-state index contributed by atoms with van der Waals surface area (Å²) in [5.41, 5.74) is 1.91. The largest absolute Gasteiger partial charge is 0.416 e. The van der Waals surface area contributed by atoms with E-state index in [2.05, 4.69) is 19.2 Å². The zero-order chi connectivity index (χ0) is 21.7. The first kappa shape index (κ1) is 21.9. The average molecular weight is 418 g/mol. The van der Waals surface area contributed by atoms with Crippen LogP contribution in [0.25, 0.3) is 6.08 Å². The molecule has 1 fully saturated rings. The van der Waals surface area contributed by atoms with Crippen LogP contribution < -0.4 is 10.2 Å². The fourth-order valence-electron chi connectivity index (χ4n) is 3.23. The number of anilines is 2. The summed E-state index contributed by atoms with van der Waals surface area (Å²) in [6.07, 6.45) is -1.52. The fourth-order valence-corrected chi connectivity index (χ4v) is 3.23. The second-order valence-electron chi connectivity index (χ2n) is 7.47. The Balaban J connectivity index is 1.79. The number of ether oxygens (including phenoxy) is 1. The molecule has 1 amide bonds. The Hall–Kier alpha value is -2.80. The van der Waals surface area contributed by atoms with Gasteiger partial charge in [0, 0.05) is 19.2 Å². The molecule has 0 saturated carbocycles. The number of nitrogens with one attached hydrogen (secondary N) is 1. The monoisotopic (exact) mass is 418 g/mol. The summed E-state index contributed by atoms with van der Waals surface area (Å²) in [4.78, 5) is 14.3. The van der Waals surface area contributed by atoms with Gasteiger partial charge < -0.3 is 15.0 Å². The molecule has 1 aliphatic heterocycles. The number of benzene rings is 2. The molecular formula is C23H25F3N2O2. The van der Waals surface area contributed by atoms with Crippen LogP contribution in [0.1, 0.15) is 36.5 Å². The van der Waals surface area contributed by atoms with Crippen molar-refractivity contribution in [2.45, 2.75) is 25.9 Å². The van der Waals surface area contributed by atoms with Gasteiger partial charge >= 0.3 is 6.18 Å². The van der Waals surface area contributed by atoms with Crippen molar-refractivity contribution < 1.29 is 22.7 Å². The van der Waals surface area contributed by atoms with Gasteiger partial charge in [0.25, 0.3) is 0 Å². The molecule has 0 aliphatic carbocycles. The number of nitrogens with zero attached hydrogens (tertiary/aromatic N) is 1. The number of rotatable bonds is 5. The summed E-state index contributed by atoms with van der Waals surface area (Å²) < 4.78 is 44.8. The van der Waals surface area contributed by atoms with Crippen molar-refractivity contribution in [3.63, 3.8) is 0 Å². The number of hydrogen-bond acceptors (Lipinski definition) is 3. The molecule has 30 heavy (non-hydrogen) atoms. The van der Waals surface area contributed by atoms with Crippen LogP contribution in [0.4, 0.5) is 24.5 Å². The highest BCUT2D eigenvalue weighted by molar-refractivity contribution is 6.04. The van der Waals surface area contributed by atoms with Crippen molar-refractivity contribution in [2.75, 3.05) is 36.5 Å². The molecule has 1 saturated heterocycles. The van der Waals surface area contributed by atoms with Gasteiger partial charge in [0.1, 0.15) is 0 Å². The lowest BCUT2D eigenvalue weighted by Gasteiger charge is -2.30. The molecule has 0 aromatic heterocycles. The summed E-state index contributed by atoms with van der Waals surface area (Å²) in [6, 6.07) is 11.2. The lowest BCUT2D eigenvalue weighted by molar-refractivity contribution is -0.137. The van der Waals surface area contributed by atoms with E-state index in [0.29, 0.717) is 37.9 Å². The Morgan fingerprint density at radius 1 is 1.10 bits per heavy atom. The standard InChI is InChI=1S/C23H25F3N2O2/c1-16(2)18-6-3-17(4-7-18)5-10-22(29)27-20-15-19(23(24,25)26)8-9-21(20)28-11-13-30-14-12-28/h3-10,15-16H,11-14H2,1-2H3,(H,27,29)/b10-5+. The molecule has 0 spiro atoms. The molecule has 3 rings (SSSR count). The molecule has 0 bridgehead atoms. The van der Waals surface area contributed by atoms with Gasteiger partial charge in [0.05, 0.1) is 30.2 Å². The zero-order valence-electron chi connectivity index (χ0n) is 17.0. The van der Waals surface area contributed by atoms with E-state index in [1.165, 1.54) is 17.7 Å². The van der Waals surface area contributed by atoms with Gasteiger partial charge in [-0.2, -0.15) is 13.2 Å². The van der Waals surface area contributed by atoms with Crippen LogP contribution in [0.15, 0.2) is 48.5 Å². The van der Waals surface area contributed by atoms with Gasteiger partial charge in [0.2, 0.25) is 5.91 Å². The van der Waals surface area contributed by atoms with E-state index >= 15 is 0 Å². The molecule has 2 aromatic rings. The molecule has 2 aromatic carbocycles. The van der Waals surface area contributed by atoms with E-state index in [9.17, 15) is 18.0 Å². The van der Waals surface area contributed by atoms with Crippen molar-refractivity contribution in [1.29, 1.82) is 0 Å². The van der Waals surface area contributed by atoms with E-state index < -0.39 is 17.6 Å². The summed E-state index contributed by atoms with van der Waals surface area (Å²) in [5.74, 6) is -0.0809. The Labute approximate surface area is 174 Å². The number of amides is 1. The summed E-state index contributed by atoms with van der Waals surface area (Å²) in [7, 11) is 0. The topological polar surface area (TPSA) is 41.6 Å². The second-order valence-corrected chi connectivity index (χ2v) is 7.47. The van der Waals surface area contributed by atoms with Crippen LogP contribution in [-0.2, 0) is 15.7 Å². The van der Waals surface area contributed by atoms with Crippen LogP contribution >= 0.6 is 0 Å². The van der Waals surface area contributed by atoms with E-state index in [4.69, 9.17) is 4.74 Å². The maximum absolute atomic E-state index is 13.2. The lowest BCUT2D eigenvalue weighted by atomic mass is 10.0. The zero-order valence-corrected chi connectivity index (χ0v) is 17.0. The average Bonchev–Trinajstić information content (AvgIpc) is 2.72. The highest BCUT2D eigenvalue weighted by atomic mass is 19.4. The van der Waals surface area contributed by atoms with Gasteiger partial charge in [0.15, 0.2) is 0 Å². The summed E-state index contributed by atoms with van der Waals surface area (Å²) in [6.45, 7) is 6.26. The molecule has 1 heterocycles. The number of hydrogen-bond donors (Lipinski definition) is 1. The molecular weight excluding hydrogens is 393 g/mol. The number of alkyl halides is 3. The second kappa shape index (κ2) is 9.34. The number of halogens is 3. The molecule has 4 nitrogen and oxygen atoms in total. The molecule has 0 radical (unpaired) electrons. The fraction of sp³-hybridized carbons (Fsp3) is 0.348. The van der Waals surface area contributed by atoms with Gasteiger partial charge in [-0.3, -0.25) is 4.79 Å². The Kier molecular flexibility index (Phi) is 6.82.